The van der Waals surface area contributed by atoms with Gasteiger partial charge in [0.25, 0.3) is 0 Å². The lowest BCUT2D eigenvalue weighted by molar-refractivity contribution is -0.121. The van der Waals surface area contributed by atoms with Gasteiger partial charge in [-0.05, 0) is 23.6 Å². The first kappa shape index (κ1) is 9.66. The molecular weight excluding hydrogens is 176 g/mol. The molecule has 0 aromatic carbocycles. The number of hydrogen-bond donors (Lipinski definition) is 0. The zero-order valence-electron chi connectivity index (χ0n) is 8.80. The van der Waals surface area contributed by atoms with Crippen molar-refractivity contribution in [3.05, 3.63) is 23.8 Å². The summed E-state index contributed by atoms with van der Waals surface area (Å²) in [5, 5.41) is 0. The van der Waals surface area contributed by atoms with Crippen LogP contribution in [0.25, 0.3) is 0 Å². The fraction of sp³-hybridized carbons (Fsp3) is 0.583. The minimum atomic E-state index is -0.110. The molecule has 1 fully saturated rings. The van der Waals surface area contributed by atoms with Crippen LogP contribution in [0.3, 0.4) is 0 Å². The third-order valence-electron chi connectivity index (χ3n) is 3.48. The van der Waals surface area contributed by atoms with Crippen molar-refractivity contribution in [3.63, 3.8) is 0 Å². The van der Waals surface area contributed by atoms with E-state index in [1.807, 2.05) is 0 Å². The van der Waals surface area contributed by atoms with Gasteiger partial charge in [0.05, 0.1) is 13.2 Å². The molecule has 2 rings (SSSR count). The number of allylic oxidation sites excluding steroid dienone is 1. The lowest BCUT2D eigenvalue weighted by Gasteiger charge is -2.37. The fourth-order valence-corrected chi connectivity index (χ4v) is 2.71. The maximum Gasteiger partial charge on any atom is 0.160 e. The maximum atomic E-state index is 11.7. The highest BCUT2D eigenvalue weighted by molar-refractivity contribution is 5.97. The highest BCUT2D eigenvalue weighted by Crippen LogP contribution is 2.48. The van der Waals surface area contributed by atoms with E-state index in [0.29, 0.717) is 13.2 Å². The van der Waals surface area contributed by atoms with Crippen molar-refractivity contribution in [2.75, 3.05) is 13.2 Å². The smallest absolute Gasteiger partial charge is 0.160 e. The van der Waals surface area contributed by atoms with Crippen LogP contribution in [0.5, 0.6) is 0 Å². The van der Waals surface area contributed by atoms with Gasteiger partial charge in [-0.15, -0.1) is 0 Å². The first-order valence-corrected chi connectivity index (χ1v) is 5.11. The van der Waals surface area contributed by atoms with Gasteiger partial charge in [-0.2, -0.15) is 0 Å². The molecular formula is C12H16O2. The van der Waals surface area contributed by atoms with Crippen molar-refractivity contribution < 1.29 is 9.53 Å². The summed E-state index contributed by atoms with van der Waals surface area (Å²) in [6.07, 6.45) is 2.66. The van der Waals surface area contributed by atoms with E-state index in [0.717, 1.165) is 17.6 Å². The molecule has 0 amide bonds. The summed E-state index contributed by atoms with van der Waals surface area (Å²) in [4.78, 5) is 11.7. The fourth-order valence-electron chi connectivity index (χ4n) is 2.71. The molecule has 0 unspecified atom stereocenters. The Bertz CT molecular complexity index is 327. The SMILES string of the molecule is C=C1COC[C@]2(C)C1=CC(=O)[C@H]2CC. The van der Waals surface area contributed by atoms with Crippen LogP contribution < -0.4 is 0 Å². The van der Waals surface area contributed by atoms with Crippen molar-refractivity contribution in [2.24, 2.45) is 11.3 Å². The summed E-state index contributed by atoms with van der Waals surface area (Å²) in [5.41, 5.74) is 1.99. The first-order chi connectivity index (χ1) is 6.59. The molecule has 0 aromatic rings. The molecule has 1 heterocycles. The summed E-state index contributed by atoms with van der Waals surface area (Å²) in [6.45, 7) is 9.36. The first-order valence-electron chi connectivity index (χ1n) is 5.11. The van der Waals surface area contributed by atoms with Crippen LogP contribution in [0.2, 0.25) is 0 Å². The molecule has 2 nitrogen and oxygen atoms in total. The zero-order chi connectivity index (χ0) is 10.3. The predicted octanol–water partition coefficient (Wildman–Crippen LogP) is 2.11. The minimum Gasteiger partial charge on any atom is -0.376 e. The summed E-state index contributed by atoms with van der Waals surface area (Å²) >= 11 is 0. The Morgan fingerprint density at radius 2 is 2.43 bits per heavy atom. The Balaban J connectivity index is 2.42. The van der Waals surface area contributed by atoms with Crippen molar-refractivity contribution >= 4 is 5.78 Å². The van der Waals surface area contributed by atoms with Crippen molar-refractivity contribution in [1.29, 1.82) is 0 Å². The summed E-state index contributed by atoms with van der Waals surface area (Å²) < 4.78 is 5.49. The van der Waals surface area contributed by atoms with E-state index in [4.69, 9.17) is 4.74 Å². The lowest BCUT2D eigenvalue weighted by atomic mass is 9.71. The van der Waals surface area contributed by atoms with Gasteiger partial charge in [-0.25, -0.2) is 0 Å². The van der Waals surface area contributed by atoms with Crippen LogP contribution >= 0.6 is 0 Å². The average molecular weight is 192 g/mol. The molecule has 0 N–H and O–H groups in total. The number of carbonyl (C=O) groups is 1. The van der Waals surface area contributed by atoms with Gasteiger partial charge in [0.15, 0.2) is 5.78 Å². The Hall–Kier alpha value is -0.890. The third kappa shape index (κ3) is 1.10. The van der Waals surface area contributed by atoms with E-state index in [1.165, 1.54) is 0 Å². The van der Waals surface area contributed by atoms with E-state index in [1.54, 1.807) is 6.08 Å². The van der Waals surface area contributed by atoms with Crippen LogP contribution in [0, 0.1) is 11.3 Å². The number of hydrogen-bond acceptors (Lipinski definition) is 2. The Labute approximate surface area is 84.6 Å². The monoisotopic (exact) mass is 192 g/mol. The molecule has 1 aliphatic heterocycles. The van der Waals surface area contributed by atoms with E-state index >= 15 is 0 Å². The number of ketones is 1. The second-order valence-corrected chi connectivity index (χ2v) is 4.44. The zero-order valence-corrected chi connectivity index (χ0v) is 8.80. The molecule has 14 heavy (non-hydrogen) atoms. The summed E-state index contributed by atoms with van der Waals surface area (Å²) in [5.74, 6) is 0.339. The van der Waals surface area contributed by atoms with E-state index in [9.17, 15) is 4.79 Å². The Kier molecular flexibility index (Phi) is 2.11. The average Bonchev–Trinajstić information content (AvgIpc) is 2.38. The van der Waals surface area contributed by atoms with Gasteiger partial charge < -0.3 is 4.74 Å². The molecule has 1 aliphatic carbocycles. The molecule has 0 spiro atoms. The molecule has 2 heteroatoms. The van der Waals surface area contributed by atoms with Crippen LogP contribution in [0.4, 0.5) is 0 Å². The quantitative estimate of drug-likeness (QED) is 0.636. The minimum absolute atomic E-state index is 0.0922. The molecule has 2 aliphatic rings. The highest BCUT2D eigenvalue weighted by atomic mass is 16.5. The molecule has 1 saturated heterocycles. The van der Waals surface area contributed by atoms with Crippen molar-refractivity contribution in [1.82, 2.24) is 0 Å². The molecule has 0 bridgehead atoms. The molecule has 0 radical (unpaired) electrons. The van der Waals surface area contributed by atoms with Gasteiger partial charge in [0.2, 0.25) is 0 Å². The number of carbonyl (C=O) groups excluding carboxylic acids is 1. The van der Waals surface area contributed by atoms with Crippen molar-refractivity contribution in [2.45, 2.75) is 20.3 Å². The third-order valence-corrected chi connectivity index (χ3v) is 3.48. The summed E-state index contributed by atoms with van der Waals surface area (Å²) in [7, 11) is 0. The maximum absolute atomic E-state index is 11.7. The van der Waals surface area contributed by atoms with Crippen LogP contribution in [0.1, 0.15) is 20.3 Å². The highest BCUT2D eigenvalue weighted by Gasteiger charge is 2.47. The Morgan fingerprint density at radius 1 is 1.71 bits per heavy atom. The second-order valence-electron chi connectivity index (χ2n) is 4.44. The van der Waals surface area contributed by atoms with Crippen molar-refractivity contribution in [3.8, 4) is 0 Å². The number of ether oxygens (including phenoxy) is 1. The van der Waals surface area contributed by atoms with Crippen LogP contribution in [-0.2, 0) is 9.53 Å². The second kappa shape index (κ2) is 3.06. The topological polar surface area (TPSA) is 26.3 Å². The Morgan fingerprint density at radius 3 is 3.07 bits per heavy atom. The standard InChI is InChI=1S/C12H16O2/c1-4-9-11(13)5-10-8(2)6-14-7-12(9,10)3/h5,9H,2,4,6-7H2,1,3H3/t9-,12+/m1/s1. The summed E-state index contributed by atoms with van der Waals surface area (Å²) in [6, 6.07) is 0. The molecule has 76 valence electrons. The largest absolute Gasteiger partial charge is 0.376 e. The van der Waals surface area contributed by atoms with Gasteiger partial charge in [0.1, 0.15) is 0 Å². The molecule has 2 atom stereocenters. The number of rotatable bonds is 1. The van der Waals surface area contributed by atoms with E-state index in [-0.39, 0.29) is 17.1 Å². The van der Waals surface area contributed by atoms with E-state index in [2.05, 4.69) is 20.4 Å². The normalized spacial score (nSPS) is 37.0. The predicted molar refractivity (Wildman–Crippen MR) is 54.9 cm³/mol. The van der Waals surface area contributed by atoms with Gasteiger partial charge in [0, 0.05) is 11.3 Å². The number of fused-ring (bicyclic) bond motifs is 1. The molecule has 0 saturated carbocycles. The molecule has 0 aromatic heterocycles. The van der Waals surface area contributed by atoms with E-state index < -0.39 is 0 Å². The van der Waals surface area contributed by atoms with Gasteiger partial charge in [-0.1, -0.05) is 20.4 Å². The van der Waals surface area contributed by atoms with Crippen LogP contribution in [0.15, 0.2) is 23.8 Å². The van der Waals surface area contributed by atoms with Gasteiger partial charge in [-0.3, -0.25) is 4.79 Å². The lowest BCUT2D eigenvalue weighted by Crippen LogP contribution is -2.37. The van der Waals surface area contributed by atoms with Crippen LogP contribution in [-0.4, -0.2) is 19.0 Å². The van der Waals surface area contributed by atoms with Gasteiger partial charge >= 0.3 is 0 Å².